The minimum Gasteiger partial charge on any atom is -0.478 e. The van der Waals surface area contributed by atoms with Crippen LogP contribution in [0.5, 0.6) is 0 Å². The van der Waals surface area contributed by atoms with Crippen molar-refractivity contribution in [2.24, 2.45) is 5.92 Å². The molecule has 0 heterocycles. The smallest absolute Gasteiger partial charge is 0.337 e. The van der Waals surface area contributed by atoms with E-state index in [1.54, 1.807) is 0 Å². The number of nitrogens with one attached hydrogen (secondary N) is 1. The van der Waals surface area contributed by atoms with Crippen molar-refractivity contribution in [1.82, 2.24) is 0 Å². The van der Waals surface area contributed by atoms with Crippen LogP contribution in [0.1, 0.15) is 30.6 Å². The van der Waals surface area contributed by atoms with Gasteiger partial charge in [-0.1, -0.05) is 13.8 Å². The maximum absolute atomic E-state index is 13.0. The van der Waals surface area contributed by atoms with Crippen LogP contribution in [-0.4, -0.2) is 28.8 Å². The fraction of sp³-hybridized carbons (Fsp3) is 0.462. The minimum atomic E-state index is -1.18. The summed E-state index contributed by atoms with van der Waals surface area (Å²) in [5.74, 6) is -1.53. The Bertz CT molecular complexity index is 421. The van der Waals surface area contributed by atoms with Crippen molar-refractivity contribution >= 4 is 11.7 Å². The number of carbonyl (C=O) groups is 1. The summed E-state index contributed by atoms with van der Waals surface area (Å²) in [4.78, 5) is 11.0. The first kappa shape index (κ1) is 14.4. The summed E-state index contributed by atoms with van der Waals surface area (Å²) in [5, 5.41) is 21.0. The molecule has 0 fully saturated rings. The molecule has 0 aliphatic carbocycles. The van der Waals surface area contributed by atoms with E-state index in [0.717, 1.165) is 6.07 Å². The van der Waals surface area contributed by atoms with Crippen molar-refractivity contribution in [3.05, 3.63) is 29.6 Å². The van der Waals surface area contributed by atoms with E-state index in [1.165, 1.54) is 12.1 Å². The molecule has 1 unspecified atom stereocenters. The summed E-state index contributed by atoms with van der Waals surface area (Å²) >= 11 is 0. The maximum Gasteiger partial charge on any atom is 0.337 e. The molecular weight excluding hydrogens is 237 g/mol. The van der Waals surface area contributed by atoms with Crippen molar-refractivity contribution in [2.45, 2.75) is 26.3 Å². The second-order valence-electron chi connectivity index (χ2n) is 4.50. The van der Waals surface area contributed by atoms with Crippen LogP contribution < -0.4 is 5.32 Å². The molecule has 0 aliphatic heterocycles. The highest BCUT2D eigenvalue weighted by atomic mass is 19.1. The van der Waals surface area contributed by atoms with Crippen LogP contribution in [0.2, 0.25) is 0 Å². The molecule has 0 amide bonds. The zero-order valence-corrected chi connectivity index (χ0v) is 10.5. The normalized spacial score (nSPS) is 12.5. The molecule has 5 heteroatoms. The molecule has 1 aromatic carbocycles. The Morgan fingerprint density at radius 2 is 2.11 bits per heavy atom. The lowest BCUT2D eigenvalue weighted by Gasteiger charge is -2.23. The lowest BCUT2D eigenvalue weighted by atomic mass is 10.00. The highest BCUT2D eigenvalue weighted by molar-refractivity contribution is 5.94. The summed E-state index contributed by atoms with van der Waals surface area (Å²) in [6.07, 6.45) is 0.508. The number of carboxylic acids is 1. The van der Waals surface area contributed by atoms with Gasteiger partial charge in [0.05, 0.1) is 5.56 Å². The Morgan fingerprint density at radius 1 is 1.44 bits per heavy atom. The van der Waals surface area contributed by atoms with Crippen molar-refractivity contribution in [3.63, 3.8) is 0 Å². The van der Waals surface area contributed by atoms with E-state index in [1.807, 2.05) is 13.8 Å². The molecule has 100 valence electrons. The first-order chi connectivity index (χ1) is 8.45. The number of hydrogen-bond donors (Lipinski definition) is 3. The van der Waals surface area contributed by atoms with Crippen molar-refractivity contribution in [1.29, 1.82) is 0 Å². The molecule has 0 bridgehead atoms. The van der Waals surface area contributed by atoms with E-state index in [9.17, 15) is 9.18 Å². The Hall–Kier alpha value is -1.62. The number of carboxylic acid groups (broad SMARTS) is 1. The number of aliphatic hydroxyl groups is 1. The largest absolute Gasteiger partial charge is 0.478 e. The monoisotopic (exact) mass is 255 g/mol. The molecule has 3 N–H and O–H groups in total. The molecule has 0 saturated heterocycles. The van der Waals surface area contributed by atoms with Gasteiger partial charge in [-0.15, -0.1) is 0 Å². The standard InChI is InChI=1S/C13H18FNO3/c1-8(2)11(5-6-16)15-12-4-3-9(14)7-10(12)13(17)18/h3-4,7-8,11,15-16H,5-6H2,1-2H3,(H,17,18). The summed E-state index contributed by atoms with van der Waals surface area (Å²) < 4.78 is 13.0. The van der Waals surface area contributed by atoms with Gasteiger partial charge in [-0.2, -0.15) is 0 Å². The van der Waals surface area contributed by atoms with Crippen molar-refractivity contribution in [3.8, 4) is 0 Å². The SMILES string of the molecule is CC(C)C(CCO)Nc1ccc(F)cc1C(=O)O. The Labute approximate surface area is 105 Å². The van der Waals surface area contributed by atoms with Crippen molar-refractivity contribution < 1.29 is 19.4 Å². The number of hydrogen-bond acceptors (Lipinski definition) is 3. The Kier molecular flexibility index (Phi) is 5.09. The molecule has 1 atom stereocenters. The molecule has 0 saturated carbocycles. The van der Waals surface area contributed by atoms with Gasteiger partial charge < -0.3 is 15.5 Å². The molecule has 1 rings (SSSR count). The van der Waals surface area contributed by atoms with Crippen LogP contribution in [0.4, 0.5) is 10.1 Å². The third-order valence-electron chi connectivity index (χ3n) is 2.80. The molecule has 18 heavy (non-hydrogen) atoms. The van der Waals surface area contributed by atoms with Gasteiger partial charge in [0.25, 0.3) is 0 Å². The van der Waals surface area contributed by atoms with E-state index in [4.69, 9.17) is 10.2 Å². The zero-order valence-electron chi connectivity index (χ0n) is 10.5. The van der Waals surface area contributed by atoms with Gasteiger partial charge in [0.2, 0.25) is 0 Å². The van der Waals surface area contributed by atoms with Crippen LogP contribution in [-0.2, 0) is 0 Å². The van der Waals surface area contributed by atoms with Gasteiger partial charge >= 0.3 is 5.97 Å². The van der Waals surface area contributed by atoms with Gasteiger partial charge in [0.1, 0.15) is 5.82 Å². The molecular formula is C13H18FNO3. The third-order valence-corrected chi connectivity index (χ3v) is 2.80. The van der Waals surface area contributed by atoms with E-state index >= 15 is 0 Å². The molecule has 1 aromatic rings. The fourth-order valence-electron chi connectivity index (χ4n) is 1.73. The van der Waals surface area contributed by atoms with E-state index in [0.29, 0.717) is 12.1 Å². The number of anilines is 1. The molecule has 4 nitrogen and oxygen atoms in total. The predicted octanol–water partition coefficient (Wildman–Crippen LogP) is 2.34. The summed E-state index contributed by atoms with van der Waals surface area (Å²) in [7, 11) is 0. The van der Waals surface area contributed by atoms with Crippen LogP contribution in [0.15, 0.2) is 18.2 Å². The van der Waals surface area contributed by atoms with E-state index in [-0.39, 0.29) is 24.1 Å². The van der Waals surface area contributed by atoms with Crippen LogP contribution in [0, 0.1) is 11.7 Å². The lowest BCUT2D eigenvalue weighted by Crippen LogP contribution is -2.27. The number of halogens is 1. The van der Waals surface area contributed by atoms with Gasteiger partial charge in [-0.3, -0.25) is 0 Å². The van der Waals surface area contributed by atoms with Gasteiger partial charge in [-0.05, 0) is 30.5 Å². The molecule has 0 spiro atoms. The highest BCUT2D eigenvalue weighted by Crippen LogP contribution is 2.21. The fourth-order valence-corrected chi connectivity index (χ4v) is 1.73. The summed E-state index contributed by atoms with van der Waals surface area (Å²) in [5.41, 5.74) is 0.273. The average Bonchev–Trinajstić information content (AvgIpc) is 2.30. The van der Waals surface area contributed by atoms with Crippen LogP contribution in [0.3, 0.4) is 0 Å². The predicted molar refractivity (Wildman–Crippen MR) is 67.3 cm³/mol. The molecule has 0 radical (unpaired) electrons. The summed E-state index contributed by atoms with van der Waals surface area (Å²) in [6, 6.07) is 3.55. The molecule has 0 aromatic heterocycles. The second kappa shape index (κ2) is 6.35. The van der Waals surface area contributed by atoms with Gasteiger partial charge in [-0.25, -0.2) is 9.18 Å². The number of aliphatic hydroxyl groups excluding tert-OH is 1. The third kappa shape index (κ3) is 3.70. The zero-order chi connectivity index (χ0) is 13.7. The lowest BCUT2D eigenvalue weighted by molar-refractivity contribution is 0.0697. The number of rotatable bonds is 6. The summed E-state index contributed by atoms with van der Waals surface area (Å²) in [6.45, 7) is 3.95. The quantitative estimate of drug-likeness (QED) is 0.729. The van der Waals surface area contributed by atoms with Crippen LogP contribution >= 0.6 is 0 Å². The van der Waals surface area contributed by atoms with Crippen molar-refractivity contribution in [2.75, 3.05) is 11.9 Å². The second-order valence-corrected chi connectivity index (χ2v) is 4.50. The topological polar surface area (TPSA) is 69.6 Å². The first-order valence-electron chi connectivity index (χ1n) is 5.86. The highest BCUT2D eigenvalue weighted by Gasteiger charge is 2.17. The van der Waals surface area contributed by atoms with Gasteiger partial charge in [0.15, 0.2) is 0 Å². The average molecular weight is 255 g/mol. The van der Waals surface area contributed by atoms with E-state index < -0.39 is 11.8 Å². The maximum atomic E-state index is 13.0. The number of benzene rings is 1. The first-order valence-corrected chi connectivity index (χ1v) is 5.86. The Morgan fingerprint density at radius 3 is 2.61 bits per heavy atom. The van der Waals surface area contributed by atoms with Crippen LogP contribution in [0.25, 0.3) is 0 Å². The number of aromatic carboxylic acids is 1. The minimum absolute atomic E-state index is 0.0133. The Balaban J connectivity index is 2.98. The van der Waals surface area contributed by atoms with Gasteiger partial charge in [0, 0.05) is 18.3 Å². The molecule has 0 aliphatic rings. The van der Waals surface area contributed by atoms with E-state index in [2.05, 4.69) is 5.32 Å².